The summed E-state index contributed by atoms with van der Waals surface area (Å²) in [5, 5.41) is 28.1. The van der Waals surface area contributed by atoms with E-state index in [2.05, 4.69) is 15.2 Å². The summed E-state index contributed by atoms with van der Waals surface area (Å²) in [6.45, 7) is 12.5. The number of H-pyrrole nitrogens is 1. The maximum atomic E-state index is 13.9. The van der Waals surface area contributed by atoms with Crippen LogP contribution in [-0.2, 0) is 34.3 Å². The Morgan fingerprint density at radius 2 is 1.79 bits per heavy atom. The zero-order chi connectivity index (χ0) is 39.4. The number of alkyl carbamates (subject to hydrolysis) is 1. The molecule has 4 atom stereocenters. The van der Waals surface area contributed by atoms with Crippen LogP contribution in [0.15, 0.2) is 65.7 Å². The quantitative estimate of drug-likeness (QED) is 0.121. The topological polar surface area (TPSA) is 149 Å². The summed E-state index contributed by atoms with van der Waals surface area (Å²) in [5.41, 5.74) is 2.52. The summed E-state index contributed by atoms with van der Waals surface area (Å²) in [5.74, 6) is 1.18. The Kier molecular flexibility index (Phi) is 8.31. The van der Waals surface area contributed by atoms with Crippen LogP contribution in [0.5, 0.6) is 11.5 Å². The summed E-state index contributed by atoms with van der Waals surface area (Å²) >= 11 is 0. The first-order valence-corrected chi connectivity index (χ1v) is 19.8. The highest BCUT2D eigenvalue weighted by Gasteiger charge is 2.73. The molecule has 2 fully saturated rings. The van der Waals surface area contributed by atoms with Crippen molar-refractivity contribution in [2.24, 2.45) is 10.9 Å². The van der Waals surface area contributed by atoms with E-state index >= 15 is 0 Å². The molecule has 0 radical (unpaired) electrons. The molecule has 4 aromatic rings. The first kappa shape index (κ1) is 36.6. The van der Waals surface area contributed by atoms with Gasteiger partial charge in [-0.25, -0.2) is 19.5 Å². The van der Waals surface area contributed by atoms with Gasteiger partial charge in [-0.15, -0.1) is 0 Å². The second-order valence-electron chi connectivity index (χ2n) is 18.3. The molecule has 1 saturated heterocycles. The second-order valence-corrected chi connectivity index (χ2v) is 18.3. The number of hydrogen-bond acceptors (Lipinski definition) is 9. The number of aliphatic imine (C=N–C) groups is 1. The maximum Gasteiger partial charge on any atom is 0.417 e. The van der Waals surface area contributed by atoms with Crippen LogP contribution >= 0.6 is 0 Å². The van der Waals surface area contributed by atoms with Crippen LogP contribution in [0.2, 0.25) is 0 Å². The standard InChI is InChI=1S/C44H51N5O7/c1-41(2,3)55-39(51)47-38(49(40(52)56-42(4,5)6)24-25-10-8-7-9-11-25)45-28-15-16-31-29(21-28)30-22-44(53)33-20-27-14-17-32(50)36-34(27)43(44,37(54-36)35(30)46-31)18-19-48(33)23-26-12-13-26/h7-11,14-17,21,26,33,37,46,50,53H,12-13,18-20,22-24H2,1-6H3,(H,45,47,51)/t33-,37-,43-,44+/m0/s1. The third-order valence-electron chi connectivity index (χ3n) is 12.0. The van der Waals surface area contributed by atoms with E-state index < -0.39 is 40.5 Å². The van der Waals surface area contributed by atoms with Crippen LogP contribution in [0, 0.1) is 5.92 Å². The van der Waals surface area contributed by atoms with Gasteiger partial charge in [0.1, 0.15) is 11.2 Å². The fourth-order valence-corrected chi connectivity index (χ4v) is 9.66. The molecule has 2 bridgehead atoms. The first-order valence-electron chi connectivity index (χ1n) is 19.8. The zero-order valence-corrected chi connectivity index (χ0v) is 32.9. The number of aromatic hydroxyl groups is 1. The summed E-state index contributed by atoms with van der Waals surface area (Å²) in [4.78, 5) is 39.7. The van der Waals surface area contributed by atoms with E-state index in [4.69, 9.17) is 19.2 Å². The van der Waals surface area contributed by atoms with Crippen molar-refractivity contribution in [2.45, 2.75) is 115 Å². The van der Waals surface area contributed by atoms with Gasteiger partial charge in [-0.1, -0.05) is 36.4 Å². The molecule has 3 aliphatic carbocycles. The minimum atomic E-state index is -1.16. The highest BCUT2D eigenvalue weighted by molar-refractivity contribution is 6.03. The Morgan fingerprint density at radius 3 is 2.50 bits per heavy atom. The first-order chi connectivity index (χ1) is 26.5. The van der Waals surface area contributed by atoms with Gasteiger partial charge < -0.3 is 29.4 Å². The van der Waals surface area contributed by atoms with Crippen molar-refractivity contribution in [3.05, 3.63) is 88.6 Å². The Hall–Kier alpha value is -5.07. The largest absolute Gasteiger partial charge is 0.504 e. The molecule has 4 N–H and O–H groups in total. The lowest BCUT2D eigenvalue weighted by atomic mass is 9.49. The number of amides is 2. The molecule has 294 valence electrons. The monoisotopic (exact) mass is 761 g/mol. The smallest absolute Gasteiger partial charge is 0.417 e. The normalized spacial score (nSPS) is 25.2. The molecular formula is C44H51N5O7. The van der Waals surface area contributed by atoms with Gasteiger partial charge in [0, 0.05) is 35.5 Å². The van der Waals surface area contributed by atoms with E-state index in [-0.39, 0.29) is 24.3 Å². The number of carbonyl (C=O) groups is 2. The van der Waals surface area contributed by atoms with Crippen molar-refractivity contribution >= 4 is 34.7 Å². The number of aliphatic hydroxyl groups is 1. The third-order valence-corrected chi connectivity index (χ3v) is 12.0. The third kappa shape index (κ3) is 6.08. The van der Waals surface area contributed by atoms with Crippen LogP contribution in [0.1, 0.15) is 94.9 Å². The lowest BCUT2D eigenvalue weighted by molar-refractivity contribution is -0.173. The average Bonchev–Trinajstić information content (AvgIpc) is 3.76. The van der Waals surface area contributed by atoms with Crippen LogP contribution in [0.3, 0.4) is 0 Å². The molecule has 1 saturated carbocycles. The number of hydrogen-bond donors (Lipinski definition) is 4. The Bertz CT molecular complexity index is 2270. The minimum absolute atomic E-state index is 0.0613. The van der Waals surface area contributed by atoms with Gasteiger partial charge in [-0.3, -0.25) is 10.2 Å². The molecule has 9 rings (SSSR count). The van der Waals surface area contributed by atoms with Gasteiger partial charge in [0.15, 0.2) is 17.6 Å². The van der Waals surface area contributed by atoms with Crippen molar-refractivity contribution in [3.63, 3.8) is 0 Å². The summed E-state index contributed by atoms with van der Waals surface area (Å²) in [6, 6.07) is 18.7. The SMILES string of the molecule is CC(C)(C)OC(=O)NC(=Nc1ccc2[nH]c3c(c2c1)C[C@@]1(O)[C@@H]2Cc4ccc(O)c5c4[C@@]1(CCN2CC1CC1)[C@H]3O5)N(Cc1ccccc1)C(=O)OC(C)(C)C. The van der Waals surface area contributed by atoms with Crippen molar-refractivity contribution in [3.8, 4) is 11.5 Å². The fourth-order valence-electron chi connectivity index (χ4n) is 9.66. The number of aromatic amines is 1. The van der Waals surface area contributed by atoms with E-state index in [9.17, 15) is 19.8 Å². The molecule has 3 aromatic carbocycles. The molecule has 3 heterocycles. The number of ether oxygens (including phenoxy) is 3. The number of guanidine groups is 1. The van der Waals surface area contributed by atoms with Gasteiger partial charge in [-0.05, 0) is 121 Å². The van der Waals surface area contributed by atoms with Crippen LogP contribution in [0.25, 0.3) is 10.9 Å². The Morgan fingerprint density at radius 1 is 1.04 bits per heavy atom. The van der Waals surface area contributed by atoms with E-state index in [1.54, 1.807) is 47.6 Å². The molecule has 0 unspecified atom stereocenters. The number of nitrogens with zero attached hydrogens (tertiary/aromatic N) is 3. The summed E-state index contributed by atoms with van der Waals surface area (Å²) < 4.78 is 18.3. The van der Waals surface area contributed by atoms with Gasteiger partial charge >= 0.3 is 12.2 Å². The van der Waals surface area contributed by atoms with Crippen molar-refractivity contribution in [1.29, 1.82) is 0 Å². The maximum absolute atomic E-state index is 13.9. The Balaban J connectivity index is 1.16. The number of piperidine rings is 1. The van der Waals surface area contributed by atoms with Gasteiger partial charge in [0.05, 0.1) is 28.9 Å². The zero-order valence-electron chi connectivity index (χ0n) is 32.9. The average molecular weight is 762 g/mol. The van der Waals surface area contributed by atoms with E-state index in [1.165, 1.54) is 17.7 Å². The van der Waals surface area contributed by atoms with Crippen molar-refractivity contribution in [1.82, 2.24) is 20.1 Å². The van der Waals surface area contributed by atoms with Gasteiger partial charge in [0.25, 0.3) is 0 Å². The molecule has 1 spiro atoms. The van der Waals surface area contributed by atoms with E-state index in [0.29, 0.717) is 36.6 Å². The predicted octanol–water partition coefficient (Wildman–Crippen LogP) is 7.52. The van der Waals surface area contributed by atoms with Crippen molar-refractivity contribution in [2.75, 3.05) is 13.1 Å². The summed E-state index contributed by atoms with van der Waals surface area (Å²) in [7, 11) is 0. The van der Waals surface area contributed by atoms with Crippen LogP contribution in [0.4, 0.5) is 15.3 Å². The number of fused-ring (bicyclic) bond motifs is 4. The molecule has 1 aromatic heterocycles. The molecule has 12 heteroatoms. The number of rotatable bonds is 5. The number of carbonyl (C=O) groups excluding carboxylic acids is 2. The molecular weight excluding hydrogens is 711 g/mol. The van der Waals surface area contributed by atoms with E-state index in [1.807, 2.05) is 54.6 Å². The van der Waals surface area contributed by atoms with Crippen LogP contribution < -0.4 is 10.1 Å². The number of nitrogens with one attached hydrogen (secondary N) is 2. The lowest BCUT2D eigenvalue weighted by Gasteiger charge is -2.62. The van der Waals surface area contributed by atoms with Gasteiger partial charge in [-0.2, -0.15) is 0 Å². The fraction of sp³-hybridized carbons (Fsp3) is 0.477. The number of aromatic nitrogens is 1. The van der Waals surface area contributed by atoms with Gasteiger partial charge in [0.2, 0.25) is 5.96 Å². The molecule has 12 nitrogen and oxygen atoms in total. The number of phenolic OH excluding ortho intramolecular Hbond substituents is 1. The molecule has 5 aliphatic rings. The summed E-state index contributed by atoms with van der Waals surface area (Å²) in [6.07, 6.45) is 2.24. The molecule has 2 aliphatic heterocycles. The van der Waals surface area contributed by atoms with E-state index in [0.717, 1.165) is 51.9 Å². The van der Waals surface area contributed by atoms with Crippen LogP contribution in [-0.4, -0.2) is 79.1 Å². The highest BCUT2D eigenvalue weighted by atomic mass is 16.6. The molecule has 56 heavy (non-hydrogen) atoms. The number of likely N-dealkylation sites (tertiary alicyclic amines) is 1. The number of benzene rings is 3. The second kappa shape index (κ2) is 12.7. The van der Waals surface area contributed by atoms with Crippen molar-refractivity contribution < 1.29 is 34.0 Å². The minimum Gasteiger partial charge on any atom is -0.504 e. The Labute approximate surface area is 326 Å². The highest BCUT2D eigenvalue weighted by Crippen LogP contribution is 2.69. The predicted molar refractivity (Wildman–Crippen MR) is 211 cm³/mol. The number of phenols is 1. The molecule has 2 amide bonds. The lowest BCUT2D eigenvalue weighted by Crippen LogP contribution is -2.74.